The smallest absolute Gasteiger partial charge is 0.323 e. The fourth-order valence-corrected chi connectivity index (χ4v) is 2.33. The van der Waals surface area contributed by atoms with Gasteiger partial charge in [0.1, 0.15) is 6.54 Å². The zero-order chi connectivity index (χ0) is 16.1. The molecular weight excluding hydrogens is 282 g/mol. The van der Waals surface area contributed by atoms with Gasteiger partial charge in [-0.1, -0.05) is 6.92 Å². The average Bonchev–Trinajstić information content (AvgIpc) is 2.99. The summed E-state index contributed by atoms with van der Waals surface area (Å²) in [4.78, 5) is 24.7. The molecule has 2 aromatic rings. The second-order valence-electron chi connectivity index (χ2n) is 5.07. The molecule has 0 aliphatic heterocycles. The van der Waals surface area contributed by atoms with Crippen LogP contribution in [0.1, 0.15) is 29.3 Å². The van der Waals surface area contributed by atoms with E-state index < -0.39 is 5.97 Å². The van der Waals surface area contributed by atoms with Crippen molar-refractivity contribution < 1.29 is 14.7 Å². The number of aryl methyl sites for hydroxylation is 1. The number of carbonyl (C=O) groups excluding carboxylic acids is 1. The van der Waals surface area contributed by atoms with Crippen LogP contribution in [0.2, 0.25) is 0 Å². The number of hydrogen-bond acceptors (Lipinski definition) is 3. The second-order valence-corrected chi connectivity index (χ2v) is 5.07. The van der Waals surface area contributed by atoms with Gasteiger partial charge in [-0.25, -0.2) is 4.68 Å². The zero-order valence-electron chi connectivity index (χ0n) is 12.7. The summed E-state index contributed by atoms with van der Waals surface area (Å²) >= 11 is 0. The van der Waals surface area contributed by atoms with Crippen molar-refractivity contribution in [2.45, 2.75) is 20.3 Å². The highest BCUT2D eigenvalue weighted by Gasteiger charge is 2.18. The fourth-order valence-electron chi connectivity index (χ4n) is 2.33. The molecule has 1 N–H and O–H groups in total. The number of hydrogen-bond donors (Lipinski definition) is 1. The summed E-state index contributed by atoms with van der Waals surface area (Å²) in [6.07, 6.45) is 4.23. The first-order valence-corrected chi connectivity index (χ1v) is 7.14. The van der Waals surface area contributed by atoms with Gasteiger partial charge < -0.3 is 10.0 Å². The first kappa shape index (κ1) is 15.8. The highest BCUT2D eigenvalue weighted by Crippen LogP contribution is 2.16. The lowest BCUT2D eigenvalue weighted by molar-refractivity contribution is -0.137. The lowest BCUT2D eigenvalue weighted by Gasteiger charge is -2.20. The van der Waals surface area contributed by atoms with E-state index in [1.165, 1.54) is 4.90 Å². The molecule has 6 nitrogen and oxygen atoms in total. The van der Waals surface area contributed by atoms with Gasteiger partial charge in [0.2, 0.25) is 0 Å². The van der Waals surface area contributed by atoms with Crippen molar-refractivity contribution in [2.24, 2.45) is 0 Å². The van der Waals surface area contributed by atoms with E-state index in [2.05, 4.69) is 5.10 Å². The van der Waals surface area contributed by atoms with Gasteiger partial charge in [0.25, 0.3) is 5.91 Å². The van der Waals surface area contributed by atoms with Crippen molar-refractivity contribution in [3.05, 3.63) is 47.8 Å². The fraction of sp³-hybridized carbons (Fsp3) is 0.312. The second kappa shape index (κ2) is 6.89. The Bertz CT molecular complexity index is 665. The van der Waals surface area contributed by atoms with E-state index in [1.807, 2.05) is 32.2 Å². The molecule has 2 rings (SSSR count). The van der Waals surface area contributed by atoms with Crippen molar-refractivity contribution in [3.63, 3.8) is 0 Å². The van der Waals surface area contributed by atoms with E-state index in [9.17, 15) is 9.59 Å². The van der Waals surface area contributed by atoms with Gasteiger partial charge in [0, 0.05) is 24.5 Å². The maximum absolute atomic E-state index is 12.5. The minimum absolute atomic E-state index is 0.264. The number of carboxylic acids is 1. The Morgan fingerprint density at radius 2 is 2.14 bits per heavy atom. The summed E-state index contributed by atoms with van der Waals surface area (Å²) in [6.45, 7) is 3.95. The molecule has 0 unspecified atom stereocenters. The van der Waals surface area contributed by atoms with Crippen LogP contribution in [0.25, 0.3) is 5.69 Å². The van der Waals surface area contributed by atoms with Crippen LogP contribution in [0, 0.1) is 6.92 Å². The molecule has 0 saturated carbocycles. The third-order valence-electron chi connectivity index (χ3n) is 3.30. The Hall–Kier alpha value is -2.63. The molecule has 0 atom stereocenters. The van der Waals surface area contributed by atoms with Crippen LogP contribution in [0.5, 0.6) is 0 Å². The maximum atomic E-state index is 12.5. The van der Waals surface area contributed by atoms with Crippen molar-refractivity contribution in [3.8, 4) is 5.69 Å². The summed E-state index contributed by atoms with van der Waals surface area (Å²) in [7, 11) is 0. The Morgan fingerprint density at radius 3 is 2.68 bits per heavy atom. The van der Waals surface area contributed by atoms with E-state index in [0.717, 1.165) is 11.3 Å². The van der Waals surface area contributed by atoms with Crippen molar-refractivity contribution in [1.82, 2.24) is 14.7 Å². The topological polar surface area (TPSA) is 75.4 Å². The molecule has 1 amide bonds. The molecule has 0 spiro atoms. The molecule has 0 bridgehead atoms. The Morgan fingerprint density at radius 1 is 1.36 bits per heavy atom. The van der Waals surface area contributed by atoms with E-state index in [0.29, 0.717) is 18.5 Å². The van der Waals surface area contributed by atoms with Gasteiger partial charge in [-0.05, 0) is 43.2 Å². The molecule has 0 aliphatic carbocycles. The summed E-state index contributed by atoms with van der Waals surface area (Å²) < 4.78 is 1.73. The Labute approximate surface area is 129 Å². The van der Waals surface area contributed by atoms with Crippen LogP contribution in [0.4, 0.5) is 0 Å². The number of aliphatic carboxylic acids is 1. The normalized spacial score (nSPS) is 10.5. The van der Waals surface area contributed by atoms with Crippen molar-refractivity contribution in [1.29, 1.82) is 0 Å². The number of amides is 1. The molecule has 1 aromatic heterocycles. The standard InChI is InChI=1S/C16H19N3O3/c1-3-8-18(11-15(20)21)16(22)13-5-6-14(12(2)10-13)19-9-4-7-17-19/h4-7,9-10H,3,8,11H2,1-2H3,(H,20,21). The summed E-state index contributed by atoms with van der Waals surface area (Å²) in [5.41, 5.74) is 2.28. The van der Waals surface area contributed by atoms with Crippen molar-refractivity contribution >= 4 is 11.9 Å². The zero-order valence-corrected chi connectivity index (χ0v) is 12.7. The lowest BCUT2D eigenvalue weighted by Crippen LogP contribution is -2.36. The molecular formula is C16H19N3O3. The number of carboxylic acid groups (broad SMARTS) is 1. The molecule has 22 heavy (non-hydrogen) atoms. The summed E-state index contributed by atoms with van der Waals surface area (Å²) in [5.74, 6) is -1.27. The number of rotatable bonds is 6. The minimum atomic E-state index is -1.01. The van der Waals surface area contributed by atoms with Crippen LogP contribution in [-0.2, 0) is 4.79 Å². The quantitative estimate of drug-likeness (QED) is 0.886. The highest BCUT2D eigenvalue weighted by molar-refractivity contribution is 5.96. The van der Waals surface area contributed by atoms with Gasteiger partial charge in [0.15, 0.2) is 0 Å². The van der Waals surface area contributed by atoms with Crippen molar-refractivity contribution in [2.75, 3.05) is 13.1 Å². The van der Waals surface area contributed by atoms with E-state index >= 15 is 0 Å². The van der Waals surface area contributed by atoms with Gasteiger partial charge in [-0.3, -0.25) is 9.59 Å². The van der Waals surface area contributed by atoms with Gasteiger partial charge >= 0.3 is 5.97 Å². The Balaban J connectivity index is 2.26. The lowest BCUT2D eigenvalue weighted by atomic mass is 10.1. The highest BCUT2D eigenvalue weighted by atomic mass is 16.4. The summed E-state index contributed by atoms with van der Waals surface area (Å²) in [5, 5.41) is 13.1. The first-order chi connectivity index (χ1) is 10.5. The Kier molecular flexibility index (Phi) is 4.93. The first-order valence-electron chi connectivity index (χ1n) is 7.14. The molecule has 0 radical (unpaired) electrons. The number of aromatic nitrogens is 2. The molecule has 0 saturated heterocycles. The van der Waals surface area contributed by atoms with Crippen LogP contribution >= 0.6 is 0 Å². The molecule has 6 heteroatoms. The van der Waals surface area contributed by atoms with Crippen LogP contribution in [0.15, 0.2) is 36.7 Å². The molecule has 0 fully saturated rings. The summed E-state index contributed by atoms with van der Waals surface area (Å²) in [6, 6.07) is 7.12. The average molecular weight is 301 g/mol. The molecule has 0 aliphatic rings. The molecule has 1 heterocycles. The van der Waals surface area contributed by atoms with Crippen LogP contribution in [-0.4, -0.2) is 44.8 Å². The largest absolute Gasteiger partial charge is 0.480 e. The predicted molar refractivity (Wildman–Crippen MR) is 82.1 cm³/mol. The predicted octanol–water partition coefficient (Wildman–Crippen LogP) is 2.12. The van der Waals surface area contributed by atoms with Gasteiger partial charge in [-0.15, -0.1) is 0 Å². The van der Waals surface area contributed by atoms with E-state index in [4.69, 9.17) is 5.11 Å². The van der Waals surface area contributed by atoms with Gasteiger partial charge in [0.05, 0.1) is 5.69 Å². The number of carbonyl (C=O) groups is 2. The SMILES string of the molecule is CCCN(CC(=O)O)C(=O)c1ccc(-n2cccn2)c(C)c1. The molecule has 116 valence electrons. The third-order valence-corrected chi connectivity index (χ3v) is 3.30. The third kappa shape index (κ3) is 3.52. The van der Waals surface area contributed by atoms with Crippen LogP contribution < -0.4 is 0 Å². The van der Waals surface area contributed by atoms with Crippen LogP contribution in [0.3, 0.4) is 0 Å². The monoisotopic (exact) mass is 301 g/mol. The number of nitrogens with zero attached hydrogens (tertiary/aromatic N) is 3. The molecule has 1 aromatic carbocycles. The van der Waals surface area contributed by atoms with Gasteiger partial charge in [-0.2, -0.15) is 5.10 Å². The van der Waals surface area contributed by atoms with E-state index in [-0.39, 0.29) is 12.5 Å². The minimum Gasteiger partial charge on any atom is -0.480 e. The maximum Gasteiger partial charge on any atom is 0.323 e. The number of benzene rings is 1. The van der Waals surface area contributed by atoms with E-state index in [1.54, 1.807) is 23.0 Å².